The number of halogens is 2. The Kier molecular flexibility index (Phi) is 5.11. The summed E-state index contributed by atoms with van der Waals surface area (Å²) in [5, 5.41) is 2.81. The minimum atomic E-state index is -0.322. The predicted molar refractivity (Wildman–Crippen MR) is 97.4 cm³/mol. The van der Waals surface area contributed by atoms with Crippen molar-refractivity contribution in [2.75, 3.05) is 6.54 Å². The van der Waals surface area contributed by atoms with Gasteiger partial charge < -0.3 is 9.88 Å². The molecule has 1 aromatic heterocycles. The predicted octanol–water partition coefficient (Wildman–Crippen LogP) is 3.61. The zero-order valence-corrected chi connectivity index (χ0v) is 14.6. The van der Waals surface area contributed by atoms with Crippen LogP contribution in [0.1, 0.15) is 18.3 Å². The van der Waals surface area contributed by atoms with Crippen LogP contribution in [-0.2, 0) is 18.3 Å². The summed E-state index contributed by atoms with van der Waals surface area (Å²) < 4.78 is 28.1. The number of imidazole rings is 1. The third-order valence-electron chi connectivity index (χ3n) is 4.23. The molecule has 0 saturated heterocycles. The number of carbonyl (C=O) groups excluding carboxylic acids is 1. The number of carbonyl (C=O) groups is 1. The molecule has 6 heteroatoms. The van der Waals surface area contributed by atoms with E-state index in [2.05, 4.69) is 10.3 Å². The van der Waals surface area contributed by atoms with Crippen molar-refractivity contribution in [2.45, 2.75) is 13.3 Å². The molecule has 4 nitrogen and oxygen atoms in total. The molecule has 3 aromatic rings. The Bertz CT molecular complexity index is 975. The van der Waals surface area contributed by atoms with Crippen LogP contribution in [0.25, 0.3) is 16.6 Å². The topological polar surface area (TPSA) is 46.9 Å². The van der Waals surface area contributed by atoms with Crippen LogP contribution in [0.15, 0.2) is 48.5 Å². The standard InChI is InChI=1S/C20H19F2N3O/c1-13(14-3-5-15(21)6-4-14)11-20(26)23-10-9-19-24-17-12-16(22)7-8-18(17)25(19)2/h3-8,11-12H,9-10H2,1-2H3,(H,23,26)/b13-11-. The Balaban J connectivity index is 1.61. The molecular weight excluding hydrogens is 336 g/mol. The normalized spacial score (nSPS) is 11.8. The largest absolute Gasteiger partial charge is 0.352 e. The van der Waals surface area contributed by atoms with Gasteiger partial charge >= 0.3 is 0 Å². The fourth-order valence-corrected chi connectivity index (χ4v) is 2.79. The maximum Gasteiger partial charge on any atom is 0.244 e. The summed E-state index contributed by atoms with van der Waals surface area (Å²) in [6, 6.07) is 10.5. The average molecular weight is 355 g/mol. The van der Waals surface area contributed by atoms with Crippen LogP contribution in [0.2, 0.25) is 0 Å². The van der Waals surface area contributed by atoms with Crippen molar-refractivity contribution in [2.24, 2.45) is 7.05 Å². The first kappa shape index (κ1) is 17.8. The average Bonchev–Trinajstić information content (AvgIpc) is 2.90. The van der Waals surface area contributed by atoms with Gasteiger partial charge in [0, 0.05) is 32.2 Å². The van der Waals surface area contributed by atoms with E-state index in [0.717, 1.165) is 22.5 Å². The molecule has 26 heavy (non-hydrogen) atoms. The molecule has 1 heterocycles. The van der Waals surface area contributed by atoms with E-state index in [0.29, 0.717) is 18.5 Å². The second-order valence-corrected chi connectivity index (χ2v) is 6.10. The first-order chi connectivity index (χ1) is 12.4. The summed E-state index contributed by atoms with van der Waals surface area (Å²) in [6.07, 6.45) is 2.01. The minimum Gasteiger partial charge on any atom is -0.352 e. The number of benzene rings is 2. The molecule has 0 aliphatic heterocycles. The van der Waals surface area contributed by atoms with Gasteiger partial charge in [0.1, 0.15) is 17.5 Å². The van der Waals surface area contributed by atoms with Gasteiger partial charge in [-0.25, -0.2) is 13.8 Å². The lowest BCUT2D eigenvalue weighted by molar-refractivity contribution is -0.116. The molecule has 3 rings (SSSR count). The number of aromatic nitrogens is 2. The summed E-state index contributed by atoms with van der Waals surface area (Å²) in [4.78, 5) is 16.5. The van der Waals surface area contributed by atoms with Gasteiger partial charge in [0.2, 0.25) is 5.91 Å². The molecule has 0 aliphatic carbocycles. The molecular formula is C20H19F2N3O. The Morgan fingerprint density at radius 3 is 2.58 bits per heavy atom. The monoisotopic (exact) mass is 355 g/mol. The second kappa shape index (κ2) is 7.47. The number of aryl methyl sites for hydroxylation is 1. The van der Waals surface area contributed by atoms with Crippen LogP contribution < -0.4 is 5.32 Å². The molecule has 0 saturated carbocycles. The van der Waals surface area contributed by atoms with Gasteiger partial charge in [-0.2, -0.15) is 0 Å². The van der Waals surface area contributed by atoms with Crippen molar-refractivity contribution in [3.8, 4) is 0 Å². The quantitative estimate of drug-likeness (QED) is 0.711. The van der Waals surface area contributed by atoms with E-state index < -0.39 is 0 Å². The van der Waals surface area contributed by atoms with Gasteiger partial charge in [0.25, 0.3) is 0 Å². The van der Waals surface area contributed by atoms with Crippen LogP contribution in [0.3, 0.4) is 0 Å². The van der Waals surface area contributed by atoms with E-state index in [-0.39, 0.29) is 17.5 Å². The van der Waals surface area contributed by atoms with Gasteiger partial charge in [-0.1, -0.05) is 12.1 Å². The number of rotatable bonds is 5. The van der Waals surface area contributed by atoms with Crippen molar-refractivity contribution < 1.29 is 13.6 Å². The number of amides is 1. The highest BCUT2D eigenvalue weighted by Crippen LogP contribution is 2.16. The molecule has 1 N–H and O–H groups in total. The van der Waals surface area contributed by atoms with E-state index in [1.807, 2.05) is 11.6 Å². The molecule has 0 radical (unpaired) electrons. The first-order valence-electron chi connectivity index (χ1n) is 8.27. The summed E-state index contributed by atoms with van der Waals surface area (Å²) in [6.45, 7) is 2.21. The molecule has 0 aliphatic rings. The molecule has 2 aromatic carbocycles. The van der Waals surface area contributed by atoms with Crippen LogP contribution in [0.4, 0.5) is 8.78 Å². The third-order valence-corrected chi connectivity index (χ3v) is 4.23. The minimum absolute atomic E-state index is 0.225. The molecule has 0 spiro atoms. The summed E-state index contributed by atoms with van der Waals surface area (Å²) in [7, 11) is 1.86. The fraction of sp³-hybridized carbons (Fsp3) is 0.200. The number of fused-ring (bicyclic) bond motifs is 1. The summed E-state index contributed by atoms with van der Waals surface area (Å²) in [5.41, 5.74) is 2.99. The summed E-state index contributed by atoms with van der Waals surface area (Å²) in [5.74, 6) is -0.0908. The zero-order valence-electron chi connectivity index (χ0n) is 14.6. The molecule has 0 bridgehead atoms. The number of hydrogen-bond donors (Lipinski definition) is 1. The summed E-state index contributed by atoms with van der Waals surface area (Å²) >= 11 is 0. The molecule has 1 amide bonds. The number of nitrogens with zero attached hydrogens (tertiary/aromatic N) is 2. The number of nitrogens with one attached hydrogen (secondary N) is 1. The van der Waals surface area contributed by atoms with Crippen molar-refractivity contribution in [1.82, 2.24) is 14.9 Å². The number of hydrogen-bond acceptors (Lipinski definition) is 2. The lowest BCUT2D eigenvalue weighted by Crippen LogP contribution is -2.24. The van der Waals surface area contributed by atoms with Crippen LogP contribution in [0.5, 0.6) is 0 Å². The smallest absolute Gasteiger partial charge is 0.244 e. The van der Waals surface area contributed by atoms with Crippen molar-refractivity contribution in [3.05, 3.63) is 71.6 Å². The molecule has 0 atom stereocenters. The highest BCUT2D eigenvalue weighted by atomic mass is 19.1. The van der Waals surface area contributed by atoms with Gasteiger partial charge in [0.05, 0.1) is 11.0 Å². The SMILES string of the molecule is C/C(=C/C(=O)NCCc1nc2cc(F)ccc2n1C)c1ccc(F)cc1. The molecule has 0 unspecified atom stereocenters. The van der Waals surface area contributed by atoms with Crippen LogP contribution in [-0.4, -0.2) is 22.0 Å². The Morgan fingerprint density at radius 1 is 1.15 bits per heavy atom. The van der Waals surface area contributed by atoms with Gasteiger partial charge in [-0.3, -0.25) is 4.79 Å². The van der Waals surface area contributed by atoms with E-state index >= 15 is 0 Å². The Labute approximate surface area is 150 Å². The highest BCUT2D eigenvalue weighted by Gasteiger charge is 2.09. The zero-order chi connectivity index (χ0) is 18.7. The van der Waals surface area contributed by atoms with Crippen LogP contribution in [0, 0.1) is 11.6 Å². The third kappa shape index (κ3) is 3.96. The van der Waals surface area contributed by atoms with Gasteiger partial charge in [0.15, 0.2) is 0 Å². The highest BCUT2D eigenvalue weighted by molar-refractivity contribution is 5.94. The molecule has 0 fully saturated rings. The lowest BCUT2D eigenvalue weighted by Gasteiger charge is -2.05. The maximum atomic E-state index is 13.3. The van der Waals surface area contributed by atoms with E-state index in [4.69, 9.17) is 0 Å². The molecule has 134 valence electrons. The Morgan fingerprint density at radius 2 is 1.85 bits per heavy atom. The first-order valence-corrected chi connectivity index (χ1v) is 8.27. The lowest BCUT2D eigenvalue weighted by atomic mass is 10.1. The second-order valence-electron chi connectivity index (χ2n) is 6.10. The van der Waals surface area contributed by atoms with Gasteiger partial charge in [-0.05, 0) is 42.3 Å². The van der Waals surface area contributed by atoms with E-state index in [1.54, 1.807) is 25.1 Å². The fourth-order valence-electron chi connectivity index (χ4n) is 2.79. The van der Waals surface area contributed by atoms with Crippen molar-refractivity contribution in [3.63, 3.8) is 0 Å². The van der Waals surface area contributed by atoms with Crippen molar-refractivity contribution >= 4 is 22.5 Å². The van der Waals surface area contributed by atoms with E-state index in [9.17, 15) is 13.6 Å². The number of allylic oxidation sites excluding steroid dienone is 1. The van der Waals surface area contributed by atoms with Crippen LogP contribution >= 0.6 is 0 Å². The van der Waals surface area contributed by atoms with E-state index in [1.165, 1.54) is 30.3 Å². The Hall–Kier alpha value is -3.02. The van der Waals surface area contributed by atoms with Crippen molar-refractivity contribution in [1.29, 1.82) is 0 Å². The van der Waals surface area contributed by atoms with Gasteiger partial charge in [-0.15, -0.1) is 0 Å². The maximum absolute atomic E-state index is 13.3.